The highest BCUT2D eigenvalue weighted by Gasteiger charge is 2.38. The SMILES string of the molecule is CC1(c2c(O)c(Cl)cc3c2OCCO3)CCCN1. The number of nitrogens with one attached hydrogen (secondary N) is 1. The molecule has 2 heterocycles. The highest BCUT2D eigenvalue weighted by atomic mass is 35.5. The number of hydrogen-bond donors (Lipinski definition) is 2. The monoisotopic (exact) mass is 269 g/mol. The fourth-order valence-electron chi connectivity index (χ4n) is 2.76. The topological polar surface area (TPSA) is 50.7 Å². The van der Waals surface area contributed by atoms with Crippen molar-refractivity contribution < 1.29 is 14.6 Å². The molecule has 98 valence electrons. The van der Waals surface area contributed by atoms with Crippen LogP contribution in [0.2, 0.25) is 5.02 Å². The quantitative estimate of drug-likeness (QED) is 0.822. The molecule has 0 bridgehead atoms. The summed E-state index contributed by atoms with van der Waals surface area (Å²) < 4.78 is 11.2. The number of phenolic OH excluding ortho intramolecular Hbond substituents is 1. The third kappa shape index (κ3) is 1.71. The summed E-state index contributed by atoms with van der Waals surface area (Å²) in [5, 5.41) is 14.0. The number of benzene rings is 1. The first-order valence-electron chi connectivity index (χ1n) is 6.18. The van der Waals surface area contributed by atoms with Crippen LogP contribution in [0.25, 0.3) is 0 Å². The molecule has 4 nitrogen and oxygen atoms in total. The number of aromatic hydroxyl groups is 1. The maximum atomic E-state index is 10.3. The fourth-order valence-corrected chi connectivity index (χ4v) is 2.96. The molecule has 1 unspecified atom stereocenters. The predicted octanol–water partition coefficient (Wildman–Crippen LogP) is 2.42. The van der Waals surface area contributed by atoms with Crippen LogP contribution in [0, 0.1) is 0 Å². The van der Waals surface area contributed by atoms with Crippen LogP contribution in [0.15, 0.2) is 6.07 Å². The van der Waals surface area contributed by atoms with Gasteiger partial charge in [-0.15, -0.1) is 0 Å². The lowest BCUT2D eigenvalue weighted by Crippen LogP contribution is -2.34. The standard InChI is InChI=1S/C13H16ClNO3/c1-13(3-2-4-15-13)10-11(16)8(14)7-9-12(10)18-6-5-17-9/h7,15-16H,2-6H2,1H3. The summed E-state index contributed by atoms with van der Waals surface area (Å²) in [6.07, 6.45) is 2.01. The zero-order chi connectivity index (χ0) is 12.8. The fraction of sp³-hybridized carbons (Fsp3) is 0.538. The van der Waals surface area contributed by atoms with E-state index < -0.39 is 0 Å². The molecule has 1 atom stereocenters. The summed E-state index contributed by atoms with van der Waals surface area (Å²) in [4.78, 5) is 0. The Bertz CT molecular complexity index is 484. The normalized spacial score (nSPS) is 26.3. The van der Waals surface area contributed by atoms with Crippen LogP contribution in [-0.4, -0.2) is 24.9 Å². The molecule has 0 aliphatic carbocycles. The van der Waals surface area contributed by atoms with Crippen molar-refractivity contribution in [2.75, 3.05) is 19.8 Å². The van der Waals surface area contributed by atoms with Crippen LogP contribution in [-0.2, 0) is 5.54 Å². The maximum Gasteiger partial charge on any atom is 0.170 e. The van der Waals surface area contributed by atoms with Gasteiger partial charge in [0.25, 0.3) is 0 Å². The molecule has 0 spiro atoms. The van der Waals surface area contributed by atoms with Gasteiger partial charge >= 0.3 is 0 Å². The Balaban J connectivity index is 2.20. The minimum Gasteiger partial charge on any atom is -0.506 e. The predicted molar refractivity (Wildman–Crippen MR) is 68.7 cm³/mol. The van der Waals surface area contributed by atoms with Gasteiger partial charge in [0, 0.05) is 11.6 Å². The van der Waals surface area contributed by atoms with Gasteiger partial charge in [-0.1, -0.05) is 11.6 Å². The Kier molecular flexibility index (Phi) is 2.79. The Hall–Kier alpha value is -1.13. The van der Waals surface area contributed by atoms with Crippen LogP contribution in [0.4, 0.5) is 0 Å². The van der Waals surface area contributed by atoms with Crippen molar-refractivity contribution in [2.24, 2.45) is 0 Å². The van der Waals surface area contributed by atoms with Gasteiger partial charge in [-0.25, -0.2) is 0 Å². The molecule has 18 heavy (non-hydrogen) atoms. The second-order valence-electron chi connectivity index (χ2n) is 4.97. The molecule has 1 fully saturated rings. The highest BCUT2D eigenvalue weighted by molar-refractivity contribution is 6.32. The molecule has 3 rings (SSSR count). The van der Waals surface area contributed by atoms with E-state index in [1.165, 1.54) is 0 Å². The molecule has 2 N–H and O–H groups in total. The van der Waals surface area contributed by atoms with E-state index in [-0.39, 0.29) is 11.3 Å². The molecule has 1 saturated heterocycles. The summed E-state index contributed by atoms with van der Waals surface area (Å²) >= 11 is 6.08. The van der Waals surface area contributed by atoms with Crippen molar-refractivity contribution in [2.45, 2.75) is 25.3 Å². The Morgan fingerprint density at radius 2 is 2.17 bits per heavy atom. The van der Waals surface area contributed by atoms with E-state index >= 15 is 0 Å². The van der Waals surface area contributed by atoms with Gasteiger partial charge in [0.2, 0.25) is 0 Å². The van der Waals surface area contributed by atoms with Gasteiger partial charge in [-0.05, 0) is 26.3 Å². The first kappa shape index (κ1) is 11.9. The van der Waals surface area contributed by atoms with Gasteiger partial charge in [0.1, 0.15) is 19.0 Å². The minimum atomic E-state index is -0.306. The number of fused-ring (bicyclic) bond motifs is 1. The first-order chi connectivity index (χ1) is 8.62. The third-order valence-electron chi connectivity index (χ3n) is 3.68. The smallest absolute Gasteiger partial charge is 0.170 e. The van der Waals surface area contributed by atoms with Crippen molar-refractivity contribution in [1.82, 2.24) is 5.32 Å². The van der Waals surface area contributed by atoms with Gasteiger partial charge in [0.15, 0.2) is 11.5 Å². The van der Waals surface area contributed by atoms with Crippen molar-refractivity contribution in [3.63, 3.8) is 0 Å². The minimum absolute atomic E-state index is 0.0952. The van der Waals surface area contributed by atoms with E-state index in [2.05, 4.69) is 12.2 Å². The molecule has 1 aromatic carbocycles. The summed E-state index contributed by atoms with van der Waals surface area (Å²) in [5.41, 5.74) is 0.418. The molecule has 1 aromatic rings. The van der Waals surface area contributed by atoms with Crippen molar-refractivity contribution >= 4 is 11.6 Å². The number of phenols is 1. The molecule has 0 radical (unpaired) electrons. The van der Waals surface area contributed by atoms with Gasteiger partial charge in [-0.3, -0.25) is 0 Å². The zero-order valence-electron chi connectivity index (χ0n) is 10.3. The van der Waals surface area contributed by atoms with Crippen LogP contribution >= 0.6 is 11.6 Å². The summed E-state index contributed by atoms with van der Waals surface area (Å²) in [5.74, 6) is 1.34. The summed E-state index contributed by atoms with van der Waals surface area (Å²) in [6, 6.07) is 1.62. The molecule has 2 aliphatic rings. The van der Waals surface area contributed by atoms with Gasteiger partial charge in [-0.2, -0.15) is 0 Å². The number of ether oxygens (including phenoxy) is 2. The second kappa shape index (κ2) is 4.21. The molecule has 0 amide bonds. The molecule has 5 heteroatoms. The molecular weight excluding hydrogens is 254 g/mol. The maximum absolute atomic E-state index is 10.3. The van der Waals surface area contributed by atoms with Crippen LogP contribution in [0.5, 0.6) is 17.2 Å². The van der Waals surface area contributed by atoms with E-state index in [1.54, 1.807) is 6.07 Å². The average Bonchev–Trinajstić information content (AvgIpc) is 2.78. The molecule has 2 aliphatic heterocycles. The highest BCUT2D eigenvalue weighted by Crippen LogP contribution is 2.50. The third-order valence-corrected chi connectivity index (χ3v) is 3.97. The van der Waals surface area contributed by atoms with E-state index in [0.717, 1.165) is 24.9 Å². The number of hydrogen-bond acceptors (Lipinski definition) is 4. The Morgan fingerprint density at radius 1 is 1.39 bits per heavy atom. The van der Waals surface area contributed by atoms with Crippen LogP contribution in [0.3, 0.4) is 0 Å². The van der Waals surface area contributed by atoms with Crippen molar-refractivity contribution in [1.29, 1.82) is 0 Å². The lowest BCUT2D eigenvalue weighted by Gasteiger charge is -2.31. The lowest BCUT2D eigenvalue weighted by molar-refractivity contribution is 0.165. The van der Waals surface area contributed by atoms with E-state index in [9.17, 15) is 5.11 Å². The van der Waals surface area contributed by atoms with E-state index in [0.29, 0.717) is 29.7 Å². The van der Waals surface area contributed by atoms with E-state index in [4.69, 9.17) is 21.1 Å². The second-order valence-corrected chi connectivity index (χ2v) is 5.38. The average molecular weight is 270 g/mol. The number of halogens is 1. The zero-order valence-corrected chi connectivity index (χ0v) is 11.0. The lowest BCUT2D eigenvalue weighted by atomic mass is 9.88. The summed E-state index contributed by atoms with van der Waals surface area (Å²) in [6.45, 7) is 4.00. The first-order valence-corrected chi connectivity index (χ1v) is 6.56. The molecule has 0 aromatic heterocycles. The van der Waals surface area contributed by atoms with Crippen molar-refractivity contribution in [3.05, 3.63) is 16.7 Å². The summed E-state index contributed by atoms with van der Waals surface area (Å²) in [7, 11) is 0. The van der Waals surface area contributed by atoms with E-state index in [1.807, 2.05) is 0 Å². The van der Waals surface area contributed by atoms with Gasteiger partial charge < -0.3 is 19.9 Å². The Labute approximate surface area is 111 Å². The number of rotatable bonds is 1. The van der Waals surface area contributed by atoms with Gasteiger partial charge in [0.05, 0.1) is 10.6 Å². The molecular formula is C13H16ClNO3. The van der Waals surface area contributed by atoms with Crippen LogP contribution in [0.1, 0.15) is 25.3 Å². The van der Waals surface area contributed by atoms with Crippen molar-refractivity contribution in [3.8, 4) is 17.2 Å². The largest absolute Gasteiger partial charge is 0.506 e. The Morgan fingerprint density at radius 3 is 2.89 bits per heavy atom. The van der Waals surface area contributed by atoms with Crippen LogP contribution < -0.4 is 14.8 Å². The molecule has 0 saturated carbocycles.